The first-order chi connectivity index (χ1) is 14.0. The Labute approximate surface area is 175 Å². The van der Waals surface area contributed by atoms with E-state index in [1.807, 2.05) is 30.3 Å². The molecule has 4 nitrogen and oxygen atoms in total. The van der Waals surface area contributed by atoms with Crippen molar-refractivity contribution in [3.8, 4) is 16.9 Å². The van der Waals surface area contributed by atoms with Crippen LogP contribution >= 0.6 is 11.6 Å². The molecule has 2 aliphatic heterocycles. The minimum Gasteiger partial charge on any atom is -0.495 e. The molecule has 2 heterocycles. The lowest BCUT2D eigenvalue weighted by atomic mass is 9.81. The number of fused-ring (bicyclic) bond motifs is 5. The van der Waals surface area contributed by atoms with Gasteiger partial charge in [-0.1, -0.05) is 36.7 Å². The molecule has 3 aliphatic rings. The average molecular weight is 411 g/mol. The van der Waals surface area contributed by atoms with E-state index in [0.717, 1.165) is 41.5 Å². The zero-order valence-corrected chi connectivity index (χ0v) is 17.2. The van der Waals surface area contributed by atoms with Gasteiger partial charge in [0.15, 0.2) is 11.6 Å². The van der Waals surface area contributed by atoms with E-state index in [-0.39, 0.29) is 35.6 Å². The third-order valence-electron chi connectivity index (χ3n) is 6.82. The van der Waals surface area contributed by atoms with Crippen LogP contribution in [0.5, 0.6) is 5.75 Å². The van der Waals surface area contributed by atoms with Crippen molar-refractivity contribution in [3.05, 3.63) is 52.5 Å². The number of aryl methyl sites for hydroxylation is 1. The molecule has 1 saturated carbocycles. The summed E-state index contributed by atoms with van der Waals surface area (Å²) in [5.41, 5.74) is 3.79. The topological polar surface area (TPSA) is 52.6 Å². The summed E-state index contributed by atoms with van der Waals surface area (Å²) in [6.45, 7) is 2.06. The molecule has 150 valence electrons. The van der Waals surface area contributed by atoms with Crippen molar-refractivity contribution >= 4 is 23.2 Å². The molecule has 5 rings (SSSR count). The monoisotopic (exact) mass is 410 g/mol. The Hall–Kier alpha value is -2.17. The predicted molar refractivity (Wildman–Crippen MR) is 110 cm³/mol. The van der Waals surface area contributed by atoms with Gasteiger partial charge < -0.3 is 9.47 Å². The summed E-state index contributed by atoms with van der Waals surface area (Å²) in [4.78, 5) is 26.6. The highest BCUT2D eigenvalue weighted by atomic mass is 35.5. The molecule has 1 aliphatic carbocycles. The molecule has 2 aromatic carbocycles. The number of carbonyl (C=O) groups excluding carboxylic acids is 2. The van der Waals surface area contributed by atoms with E-state index in [2.05, 4.69) is 6.92 Å². The second-order valence-corrected chi connectivity index (χ2v) is 8.60. The fourth-order valence-corrected chi connectivity index (χ4v) is 5.63. The SMILES string of the molecule is CCc1ccc(-c2ccc(Cl)c(OC)c2)cc1C1C(=O)[C@@H]2[C@H](C1=O)[C@H]1CC[C@H]2O1. The number of ether oxygens (including phenoxy) is 2. The first-order valence-corrected chi connectivity index (χ1v) is 10.6. The Morgan fingerprint density at radius 1 is 1.00 bits per heavy atom. The normalized spacial score (nSPS) is 30.1. The smallest absolute Gasteiger partial charge is 0.154 e. The fourth-order valence-electron chi connectivity index (χ4n) is 5.44. The van der Waals surface area contributed by atoms with Crippen molar-refractivity contribution in [2.24, 2.45) is 11.8 Å². The molecule has 0 radical (unpaired) electrons. The average Bonchev–Trinajstić information content (AvgIpc) is 3.42. The van der Waals surface area contributed by atoms with Gasteiger partial charge in [-0.2, -0.15) is 0 Å². The molecule has 0 amide bonds. The highest BCUT2D eigenvalue weighted by molar-refractivity contribution is 6.32. The number of carbonyl (C=O) groups is 2. The van der Waals surface area contributed by atoms with Crippen LogP contribution in [0.1, 0.15) is 36.8 Å². The van der Waals surface area contributed by atoms with Gasteiger partial charge >= 0.3 is 0 Å². The number of methoxy groups -OCH3 is 1. The molecule has 1 unspecified atom stereocenters. The van der Waals surface area contributed by atoms with Crippen LogP contribution in [0, 0.1) is 11.8 Å². The number of hydrogen-bond acceptors (Lipinski definition) is 4. The number of rotatable bonds is 4. The maximum absolute atomic E-state index is 13.3. The van der Waals surface area contributed by atoms with E-state index in [1.54, 1.807) is 13.2 Å². The molecule has 2 saturated heterocycles. The third-order valence-corrected chi connectivity index (χ3v) is 7.13. The van der Waals surface area contributed by atoms with E-state index >= 15 is 0 Å². The van der Waals surface area contributed by atoms with Crippen LogP contribution in [0.15, 0.2) is 36.4 Å². The molecule has 2 bridgehead atoms. The first-order valence-electron chi connectivity index (χ1n) is 10.2. The van der Waals surface area contributed by atoms with Crippen LogP contribution in [0.4, 0.5) is 0 Å². The summed E-state index contributed by atoms with van der Waals surface area (Å²) < 4.78 is 11.2. The van der Waals surface area contributed by atoms with E-state index < -0.39 is 5.92 Å². The van der Waals surface area contributed by atoms with Gasteiger partial charge in [0.1, 0.15) is 11.7 Å². The Morgan fingerprint density at radius 2 is 1.62 bits per heavy atom. The summed E-state index contributed by atoms with van der Waals surface area (Å²) in [5, 5.41) is 0.547. The zero-order chi connectivity index (χ0) is 20.3. The van der Waals surface area contributed by atoms with E-state index in [4.69, 9.17) is 21.1 Å². The van der Waals surface area contributed by atoms with Gasteiger partial charge in [-0.15, -0.1) is 0 Å². The van der Waals surface area contributed by atoms with Gasteiger partial charge in [0.25, 0.3) is 0 Å². The summed E-state index contributed by atoms with van der Waals surface area (Å²) in [7, 11) is 1.58. The van der Waals surface area contributed by atoms with Crippen LogP contribution in [0.25, 0.3) is 11.1 Å². The van der Waals surface area contributed by atoms with Gasteiger partial charge in [0, 0.05) is 0 Å². The molecule has 5 atom stereocenters. The van der Waals surface area contributed by atoms with Crippen LogP contribution in [-0.2, 0) is 20.7 Å². The first kappa shape index (κ1) is 18.8. The van der Waals surface area contributed by atoms with E-state index in [9.17, 15) is 9.59 Å². The maximum atomic E-state index is 13.3. The number of hydrogen-bond donors (Lipinski definition) is 0. The second kappa shape index (κ2) is 6.96. The Kier molecular flexibility index (Phi) is 4.52. The minimum atomic E-state index is -0.666. The van der Waals surface area contributed by atoms with Gasteiger partial charge in [0.2, 0.25) is 0 Å². The molecule has 0 aromatic heterocycles. The Morgan fingerprint density at radius 3 is 2.24 bits per heavy atom. The molecular weight excluding hydrogens is 388 g/mol. The van der Waals surface area contributed by atoms with Gasteiger partial charge in [-0.05, 0) is 59.7 Å². The van der Waals surface area contributed by atoms with E-state index in [1.165, 1.54) is 0 Å². The van der Waals surface area contributed by atoms with Crippen molar-refractivity contribution in [2.45, 2.75) is 44.3 Å². The third kappa shape index (κ3) is 2.77. The lowest BCUT2D eigenvalue weighted by Gasteiger charge is -2.17. The number of ketones is 2. The lowest BCUT2D eigenvalue weighted by molar-refractivity contribution is -0.127. The molecular formula is C24H23ClO4. The Bertz CT molecular complexity index is 986. The number of benzene rings is 2. The van der Waals surface area contributed by atoms with Crippen LogP contribution in [0.3, 0.4) is 0 Å². The van der Waals surface area contributed by atoms with Gasteiger partial charge in [-0.3, -0.25) is 9.59 Å². The highest BCUT2D eigenvalue weighted by Gasteiger charge is 2.63. The Balaban J connectivity index is 1.58. The van der Waals surface area contributed by atoms with E-state index in [0.29, 0.717) is 10.8 Å². The van der Waals surface area contributed by atoms with Crippen LogP contribution < -0.4 is 4.74 Å². The predicted octanol–water partition coefficient (Wildman–Crippen LogP) is 4.61. The molecule has 0 spiro atoms. The molecule has 29 heavy (non-hydrogen) atoms. The highest BCUT2D eigenvalue weighted by Crippen LogP contribution is 2.52. The zero-order valence-electron chi connectivity index (χ0n) is 16.5. The minimum absolute atomic E-state index is 0.0488. The standard InChI is InChI=1S/C24H23ClO4/c1-3-12-4-5-13(14-6-7-16(25)19(11-14)28-2)10-15(12)20-23(26)21-17-8-9-18(29-17)22(21)24(20)27/h4-7,10-11,17-18,20-22H,3,8-9H2,1-2H3/t17-,18-,20?,21-,22+/m1/s1. The lowest BCUT2D eigenvalue weighted by Crippen LogP contribution is -2.29. The maximum Gasteiger partial charge on any atom is 0.154 e. The molecule has 5 heteroatoms. The molecule has 3 fully saturated rings. The molecule has 2 aromatic rings. The van der Waals surface area contributed by atoms with Crippen molar-refractivity contribution in [1.82, 2.24) is 0 Å². The van der Waals surface area contributed by atoms with Crippen molar-refractivity contribution in [1.29, 1.82) is 0 Å². The number of halogens is 1. The molecule has 0 N–H and O–H groups in total. The summed E-state index contributed by atoms with van der Waals surface area (Å²) in [6.07, 6.45) is 2.42. The van der Waals surface area contributed by atoms with Crippen LogP contribution in [0.2, 0.25) is 5.02 Å². The number of Topliss-reactive ketones (excluding diaryl/α,β-unsaturated/α-hetero) is 2. The van der Waals surface area contributed by atoms with Gasteiger partial charge in [0.05, 0.1) is 36.2 Å². The van der Waals surface area contributed by atoms with Crippen LogP contribution in [-0.4, -0.2) is 30.9 Å². The quantitative estimate of drug-likeness (QED) is 0.691. The summed E-state index contributed by atoms with van der Waals surface area (Å²) >= 11 is 6.17. The fraction of sp³-hybridized carbons (Fsp3) is 0.417. The van der Waals surface area contributed by atoms with Crippen molar-refractivity contribution in [2.75, 3.05) is 7.11 Å². The largest absolute Gasteiger partial charge is 0.495 e. The summed E-state index contributed by atoms with van der Waals surface area (Å²) in [5.74, 6) is -0.478. The van der Waals surface area contributed by atoms with Crippen molar-refractivity contribution in [3.63, 3.8) is 0 Å². The summed E-state index contributed by atoms with van der Waals surface area (Å²) in [6, 6.07) is 11.7. The van der Waals surface area contributed by atoms with Gasteiger partial charge in [-0.25, -0.2) is 0 Å². The van der Waals surface area contributed by atoms with Crippen molar-refractivity contribution < 1.29 is 19.1 Å². The second-order valence-electron chi connectivity index (χ2n) is 8.20.